The summed E-state index contributed by atoms with van der Waals surface area (Å²) in [6.45, 7) is 8.79. The molecule has 0 bridgehead atoms. The molecule has 0 heterocycles. The van der Waals surface area contributed by atoms with Crippen molar-refractivity contribution in [3.8, 4) is 0 Å². The Morgan fingerprint density at radius 2 is 1.86 bits per heavy atom. The van der Waals surface area contributed by atoms with Crippen LogP contribution in [0.5, 0.6) is 0 Å². The van der Waals surface area contributed by atoms with Crippen molar-refractivity contribution in [1.82, 2.24) is 0 Å². The Morgan fingerprint density at radius 1 is 1.17 bits per heavy atom. The number of ketones is 2. The van der Waals surface area contributed by atoms with Crippen LogP contribution in [0.1, 0.15) is 73.1 Å². The van der Waals surface area contributed by atoms with Gasteiger partial charge in [-0.25, -0.2) is 0 Å². The maximum Gasteiger partial charge on any atom is 0.309 e. The fourth-order valence-electron chi connectivity index (χ4n) is 8.06. The minimum Gasteiger partial charge on any atom is -0.458 e. The second kappa shape index (κ2) is 8.99. The molecule has 7 nitrogen and oxygen atoms in total. The van der Waals surface area contributed by atoms with E-state index in [2.05, 4.69) is 26.8 Å². The Kier molecular flexibility index (Phi) is 6.62. The van der Waals surface area contributed by atoms with Crippen molar-refractivity contribution in [1.29, 1.82) is 0 Å². The van der Waals surface area contributed by atoms with E-state index in [1.54, 1.807) is 6.08 Å². The van der Waals surface area contributed by atoms with Crippen LogP contribution in [0.25, 0.3) is 0 Å². The number of rotatable bonds is 6. The van der Waals surface area contributed by atoms with Crippen LogP contribution in [0.3, 0.4) is 0 Å². The van der Waals surface area contributed by atoms with Gasteiger partial charge >= 0.3 is 11.9 Å². The molecule has 0 spiro atoms. The molecule has 8 atom stereocenters. The van der Waals surface area contributed by atoms with E-state index < -0.39 is 35.7 Å². The number of aliphatic hydroxyl groups excluding tert-OH is 1. The van der Waals surface area contributed by atoms with Gasteiger partial charge in [0, 0.05) is 17.8 Å². The Balaban J connectivity index is 1.70. The monoisotopic (exact) mass is 486 g/mol. The molecule has 3 saturated carbocycles. The molecule has 4 rings (SSSR count). The molecule has 0 aromatic heterocycles. The highest BCUT2D eigenvalue weighted by Gasteiger charge is 2.69. The van der Waals surface area contributed by atoms with Crippen LogP contribution < -0.4 is 0 Å². The molecule has 1 unspecified atom stereocenters. The lowest BCUT2D eigenvalue weighted by atomic mass is 9.45. The highest BCUT2D eigenvalue weighted by Crippen LogP contribution is 2.68. The number of Topliss-reactive ketones (excluding diaryl/α,β-unsaturated/α-hetero) is 1. The van der Waals surface area contributed by atoms with E-state index in [0.717, 1.165) is 19.3 Å². The van der Waals surface area contributed by atoms with Crippen molar-refractivity contribution in [2.75, 3.05) is 6.61 Å². The predicted molar refractivity (Wildman–Crippen MR) is 128 cm³/mol. The van der Waals surface area contributed by atoms with Gasteiger partial charge in [0.25, 0.3) is 0 Å². The number of hydrogen-bond donors (Lipinski definition) is 1. The predicted octanol–water partition coefficient (Wildman–Crippen LogP) is 3.73. The number of hydrogen-bond acceptors (Lipinski definition) is 7. The third kappa shape index (κ3) is 4.09. The Hall–Kier alpha value is -2.28. The largest absolute Gasteiger partial charge is 0.458 e. The third-order valence-electron chi connectivity index (χ3n) is 9.60. The summed E-state index contributed by atoms with van der Waals surface area (Å²) < 4.78 is 11.1. The van der Waals surface area contributed by atoms with Crippen molar-refractivity contribution < 1.29 is 33.8 Å². The van der Waals surface area contributed by atoms with Crippen LogP contribution in [-0.2, 0) is 28.7 Å². The summed E-state index contributed by atoms with van der Waals surface area (Å²) in [5.41, 5.74) is -0.991. The molecule has 4 aliphatic carbocycles. The Bertz CT molecular complexity index is 993. The zero-order valence-electron chi connectivity index (χ0n) is 21.5. The van der Waals surface area contributed by atoms with Crippen molar-refractivity contribution in [2.45, 2.75) is 84.8 Å². The van der Waals surface area contributed by atoms with Crippen molar-refractivity contribution >= 4 is 23.5 Å². The first-order valence-corrected chi connectivity index (χ1v) is 12.9. The molecule has 1 N–H and O–H groups in total. The minimum atomic E-state index is -1.39. The van der Waals surface area contributed by atoms with Gasteiger partial charge in [0.2, 0.25) is 5.78 Å². The number of esters is 2. The highest BCUT2D eigenvalue weighted by atomic mass is 16.6. The van der Waals surface area contributed by atoms with Crippen molar-refractivity contribution in [3.05, 3.63) is 23.8 Å². The second-order valence-corrected chi connectivity index (χ2v) is 11.7. The zero-order chi connectivity index (χ0) is 25.8. The molecule has 0 amide bonds. The molecule has 0 aromatic carbocycles. The molecule has 35 heavy (non-hydrogen) atoms. The third-order valence-corrected chi connectivity index (χ3v) is 9.60. The van der Waals surface area contributed by atoms with E-state index in [0.29, 0.717) is 24.7 Å². The summed E-state index contributed by atoms with van der Waals surface area (Å²) in [7, 11) is 0. The molecule has 7 heteroatoms. The normalized spacial score (nSPS) is 40.6. The molecule has 0 saturated heterocycles. The van der Waals surface area contributed by atoms with E-state index in [9.17, 15) is 24.3 Å². The minimum absolute atomic E-state index is 0.0457. The van der Waals surface area contributed by atoms with E-state index in [4.69, 9.17) is 9.47 Å². The van der Waals surface area contributed by atoms with Crippen LogP contribution in [0.4, 0.5) is 0 Å². The van der Waals surface area contributed by atoms with Crippen LogP contribution >= 0.6 is 0 Å². The summed E-state index contributed by atoms with van der Waals surface area (Å²) in [4.78, 5) is 50.0. The average Bonchev–Trinajstić information content (AvgIpc) is 3.06. The number of aliphatic hydroxyl groups is 1. The van der Waals surface area contributed by atoms with E-state index in [-0.39, 0.29) is 35.2 Å². The molecule has 0 aromatic rings. The lowest BCUT2D eigenvalue weighted by Crippen LogP contribution is -2.60. The Labute approximate surface area is 207 Å². The van der Waals surface area contributed by atoms with Crippen LogP contribution in [0.2, 0.25) is 0 Å². The van der Waals surface area contributed by atoms with E-state index >= 15 is 0 Å². The molecular formula is C28H38O7. The number of ether oxygens (including phenoxy) is 2. The molecule has 0 radical (unpaired) electrons. The number of allylic oxidation sites excluding steroid dienone is 4. The highest BCUT2D eigenvalue weighted by molar-refractivity contribution is 6.01. The second-order valence-electron chi connectivity index (χ2n) is 11.7. The zero-order valence-corrected chi connectivity index (χ0v) is 21.5. The van der Waals surface area contributed by atoms with Crippen LogP contribution in [0, 0.1) is 34.5 Å². The molecule has 4 aliphatic rings. The van der Waals surface area contributed by atoms with Crippen LogP contribution in [-0.4, -0.2) is 46.9 Å². The van der Waals surface area contributed by atoms with E-state index in [1.807, 2.05) is 6.08 Å². The quantitative estimate of drug-likeness (QED) is 0.570. The first-order chi connectivity index (χ1) is 16.3. The lowest BCUT2D eigenvalue weighted by molar-refractivity contribution is -0.193. The van der Waals surface area contributed by atoms with Gasteiger partial charge in [-0.15, -0.1) is 0 Å². The molecule has 192 valence electrons. The van der Waals surface area contributed by atoms with Gasteiger partial charge in [0.05, 0.1) is 12.5 Å². The fraction of sp³-hybridized carbons (Fsp3) is 0.714. The van der Waals surface area contributed by atoms with Gasteiger partial charge in [0.1, 0.15) is 0 Å². The van der Waals surface area contributed by atoms with Gasteiger partial charge in [0.15, 0.2) is 18.0 Å². The van der Waals surface area contributed by atoms with Gasteiger partial charge in [-0.3, -0.25) is 19.2 Å². The summed E-state index contributed by atoms with van der Waals surface area (Å²) >= 11 is 0. The average molecular weight is 487 g/mol. The smallest absolute Gasteiger partial charge is 0.309 e. The van der Waals surface area contributed by atoms with Gasteiger partial charge in [-0.2, -0.15) is 0 Å². The molecular weight excluding hydrogens is 448 g/mol. The summed E-state index contributed by atoms with van der Waals surface area (Å²) in [5.74, 6) is -0.473. The topological polar surface area (TPSA) is 107 Å². The van der Waals surface area contributed by atoms with Gasteiger partial charge < -0.3 is 14.6 Å². The van der Waals surface area contributed by atoms with E-state index in [1.165, 1.54) is 19.4 Å². The SMILES string of the molecule is CC(=O)OCC(=O)[C@@]1(OC(=O)CC(C)O)CC[C@H]2[C@@H]3C[C@H](C)C4=CC(=O)C=C[C@]4(C)[C@H]3CC[C@@]21C. The standard InChI is InChI=1S/C28H38O7/c1-16-12-20-21(26(4)9-6-19(31)14-23(16)26)7-10-27(5)22(20)8-11-28(27,24(32)15-34-18(3)30)35-25(33)13-17(2)29/h6,9,14,16-17,20-22,29H,7-8,10-13,15H2,1-5H3/t16-,17?,20+,21-,22-,26+,27-,28-/m0/s1. The number of carbonyl (C=O) groups excluding carboxylic acids is 4. The summed E-state index contributed by atoms with van der Waals surface area (Å²) in [5, 5.41) is 9.74. The lowest BCUT2D eigenvalue weighted by Gasteiger charge is -2.59. The molecule has 3 fully saturated rings. The van der Waals surface area contributed by atoms with Gasteiger partial charge in [-0.05, 0) is 74.9 Å². The first kappa shape index (κ1) is 25.8. The summed E-state index contributed by atoms with van der Waals surface area (Å²) in [6, 6.07) is 0. The van der Waals surface area contributed by atoms with Crippen LogP contribution in [0.15, 0.2) is 23.8 Å². The van der Waals surface area contributed by atoms with Gasteiger partial charge in [-0.1, -0.05) is 32.4 Å². The molecule has 0 aliphatic heterocycles. The van der Waals surface area contributed by atoms with Crippen molar-refractivity contribution in [3.63, 3.8) is 0 Å². The fourth-order valence-corrected chi connectivity index (χ4v) is 8.06. The van der Waals surface area contributed by atoms with Crippen molar-refractivity contribution in [2.24, 2.45) is 34.5 Å². The Morgan fingerprint density at radius 3 is 2.51 bits per heavy atom. The maximum atomic E-state index is 13.6. The maximum absolute atomic E-state index is 13.6. The number of carbonyl (C=O) groups is 4. The first-order valence-electron chi connectivity index (χ1n) is 12.9. The number of fused-ring (bicyclic) bond motifs is 5. The summed E-state index contributed by atoms with van der Waals surface area (Å²) in [6.07, 6.45) is 8.06.